The van der Waals surface area contributed by atoms with Crippen LogP contribution in [0.15, 0.2) is 0 Å². The average Bonchev–Trinajstić information content (AvgIpc) is 4.18. The molecule has 0 radical (unpaired) electrons. The van der Waals surface area contributed by atoms with Gasteiger partial charge in [0.15, 0.2) is 0 Å². The molecule has 0 aliphatic heterocycles. The van der Waals surface area contributed by atoms with E-state index in [-0.39, 0.29) is 17.3 Å². The smallest absolute Gasteiger partial charge is 0.322 e. The summed E-state index contributed by atoms with van der Waals surface area (Å²) in [6.07, 6.45) is 20.9. The van der Waals surface area contributed by atoms with E-state index >= 15 is 0 Å². The number of rotatable bonds is 0. The third-order valence-electron chi connectivity index (χ3n) is 19.3. The molecule has 0 aromatic heterocycles. The molecule has 12 aliphatic carbocycles. The Morgan fingerprint density at radius 1 is 0.385 bits per heavy atom. The Labute approximate surface area is 448 Å². The van der Waals surface area contributed by atoms with Crippen LogP contribution in [0, 0.1) is 111 Å². The van der Waals surface area contributed by atoms with Crippen LogP contribution in [-0.4, -0.2) is 23.7 Å². The van der Waals surface area contributed by atoms with Crippen molar-refractivity contribution in [2.24, 2.45) is 74.4 Å². The van der Waals surface area contributed by atoms with Gasteiger partial charge >= 0.3 is 12.4 Å². The monoisotopic (exact) mass is 5860 g/mol. The zero-order valence-corrected chi connectivity index (χ0v) is 179. The van der Waals surface area contributed by atoms with Gasteiger partial charge in [0, 0.05) is 5.41 Å². The molecule has 0 aromatic carbocycles. The van der Waals surface area contributed by atoms with Crippen LogP contribution < -0.4 is 0 Å². The van der Waals surface area contributed by atoms with Crippen LogP contribution in [-0.2, 0) is 0 Å². The first-order chi connectivity index (χ1) is 34.0. The minimum absolute atomic E-state index is 0. The van der Waals surface area contributed by atoms with Crippen LogP contribution in [0.5, 0.6) is 0 Å². The summed E-state index contributed by atoms with van der Waals surface area (Å²) in [5.74, 6) is 8.74. The Kier molecular flexibility index (Phi) is 56.9. The molecule has 26 heteroatoms. The van der Waals surface area contributed by atoms with E-state index in [2.05, 4.69) is 40.5 Å². The molecule has 0 saturated heterocycles. The SMILES string of the molecule is CC.CC.CC.CC.CC.CC.CC1(C(F)(F)F)CC2[CH-]C1CC2.CC1(F)CC2[CH-]C1CC2.CC12CC[C-](C1)C(C)(C(F)(F)F)C2.CC12CC[C-](C1)C(C)(F)C2.CC1CC2(C)CC[C-]1C2.CC1CC2[CH-]C1CC2.[Rf].[Rf].[Rf].[Rf].[Rf].[Rf].[Rf].[Rf].[Rf].[Rf].[Rf].[Rf].[Rf].[Rf].[Rf].[Rf].[Rf].[Rf]. The van der Waals surface area contributed by atoms with Crippen molar-refractivity contribution in [2.45, 2.75) is 304 Å². The van der Waals surface area contributed by atoms with E-state index in [9.17, 15) is 35.1 Å². The molecule has 15 atom stereocenters. The first-order valence-corrected chi connectivity index (χ1v) is 30.6. The zero-order valence-electron chi connectivity index (χ0n) is 64.0. The van der Waals surface area contributed by atoms with Gasteiger partial charge in [-0.1, -0.05) is 250 Å². The Morgan fingerprint density at radius 3 is 0.890 bits per heavy atom. The summed E-state index contributed by atoms with van der Waals surface area (Å²) in [5, 5.41) is 0. The van der Waals surface area contributed by atoms with Crippen molar-refractivity contribution in [1.29, 1.82) is 0 Å². The van der Waals surface area contributed by atoms with Crippen LogP contribution in [0.3, 0.4) is 0 Å². The van der Waals surface area contributed by atoms with Crippen molar-refractivity contribution in [3.8, 4) is 0 Å². The molecule has 0 heterocycles. The van der Waals surface area contributed by atoms with E-state index in [0.29, 0.717) is 42.9 Å². The van der Waals surface area contributed by atoms with E-state index in [1.54, 1.807) is 13.8 Å². The van der Waals surface area contributed by atoms with Gasteiger partial charge in [0.05, 0.1) is 5.67 Å². The maximum Gasteiger partial charge on any atom is 0.391 e. The Balaban J connectivity index is -0.0000000410. The molecule has 12 bridgehead atoms. The standard InChI is InChI=1S/C10H14F3.C9H12F3.C9H14F.C9H15.C8H12F.C8H13.6C2H6.18Rf/c1-8-4-3-7(5-8)9(2,6-8)10(11,12)13;1-8(9(10,11)12)5-6-2-3-7(8)4-6;1-8-4-3-7(5-8)9(2,10)6-8;1-7-5-9(2)4-3-8(7)6-9;1-8(9)5-6-2-3-7(8)4-6;1-6-4-7-2-3-8(6)5-7;6*1-2;;;;;;;;;;;;;;;;;;/h3-6H2,1-2H3;4,6-7H,2-3,5H2,1H3;3-6H2,1-2H3;7H,3-6H2,1-2H3;4,6-7H,2-3,5H2,1H3;5-8H,2-4H2,1H3;6*1-2H3;;;;;;;;;;;;;;;;;;/q6*-1;;;;;;;;;;;;;;;;;;;;;;;;. The minimum atomic E-state index is -4.04. The number of fused-ring (bicyclic) bond motifs is 12. The first-order valence-electron chi connectivity index (χ1n) is 30.6. The topological polar surface area (TPSA) is 0 Å². The Bertz CT molecular complexity index is 1570. The number of hydrogen-bond acceptors (Lipinski definition) is 0. The van der Waals surface area contributed by atoms with Crippen LogP contribution in [0.2, 0.25) is 0 Å². The second-order valence-corrected chi connectivity index (χ2v) is 25.1. The fourth-order valence-corrected chi connectivity index (χ4v) is 15.5. The van der Waals surface area contributed by atoms with Gasteiger partial charge in [0.2, 0.25) is 0 Å². The summed E-state index contributed by atoms with van der Waals surface area (Å²) in [5.41, 5.74) is -3.61. The molecular formula is C65H116F8Rf18-6. The molecule has 0 nitrogen and oxygen atoms in total. The van der Waals surface area contributed by atoms with Gasteiger partial charge in [-0.3, -0.25) is 16.2 Å². The fourth-order valence-electron chi connectivity index (χ4n) is 15.5. The van der Waals surface area contributed by atoms with Crippen molar-refractivity contribution >= 4 is 0 Å². The van der Waals surface area contributed by atoms with Crippen LogP contribution in [0.1, 0.15) is 280 Å². The number of halogens is 8. The first kappa shape index (κ1) is 125. The summed E-state index contributed by atoms with van der Waals surface area (Å²) in [7, 11) is 0. The maximum absolute atomic E-state index is 13.5. The summed E-state index contributed by atoms with van der Waals surface area (Å²) in [4.78, 5) is 0. The second-order valence-electron chi connectivity index (χ2n) is 25.1. The van der Waals surface area contributed by atoms with Gasteiger partial charge in [-0.25, -0.2) is 4.39 Å². The van der Waals surface area contributed by atoms with Crippen LogP contribution in [0.25, 0.3) is 0 Å². The van der Waals surface area contributed by atoms with Crippen molar-refractivity contribution in [3.05, 3.63) is 37.0 Å². The molecule has 0 N–H and O–H groups in total. The Hall–Kier alpha value is -18.6. The van der Waals surface area contributed by atoms with E-state index in [4.69, 9.17) is 0 Å². The van der Waals surface area contributed by atoms with Crippen molar-refractivity contribution in [3.63, 3.8) is 0 Å². The van der Waals surface area contributed by atoms with Crippen LogP contribution in [0.4, 0.5) is 35.1 Å². The molecule has 0 spiro atoms. The van der Waals surface area contributed by atoms with E-state index in [1.807, 2.05) is 102 Å². The predicted octanol–water partition coefficient (Wildman–Crippen LogP) is 23.3. The fraction of sp³-hybridized carbons (Fsp3) is 0.908. The second kappa shape index (κ2) is 41.5. The summed E-state index contributed by atoms with van der Waals surface area (Å²) in [6, 6.07) is 0. The zero-order chi connectivity index (χ0) is 56.8. The van der Waals surface area contributed by atoms with Gasteiger partial charge in [-0.15, -0.1) is 5.92 Å². The van der Waals surface area contributed by atoms with Gasteiger partial charge < -0.3 is 25.2 Å². The van der Waals surface area contributed by atoms with Gasteiger partial charge in [0.25, 0.3) is 0 Å². The maximum atomic E-state index is 13.5. The minimum Gasteiger partial charge on any atom is -0.322 e. The molecule has 12 aliphatic rings. The largest absolute Gasteiger partial charge is 0.391 e. The summed E-state index contributed by atoms with van der Waals surface area (Å²) >= 11 is 0. The normalized spacial score (nSPS) is 34.4. The molecule has 0 amide bonds. The van der Waals surface area contributed by atoms with Crippen molar-refractivity contribution in [2.75, 3.05) is 0 Å². The van der Waals surface area contributed by atoms with Crippen LogP contribution >= 0.6 is 0 Å². The third kappa shape index (κ3) is 23.0. The van der Waals surface area contributed by atoms with E-state index in [1.165, 1.54) is 77.6 Å². The number of alkyl halides is 8. The van der Waals surface area contributed by atoms with E-state index in [0.717, 1.165) is 86.4 Å². The van der Waals surface area contributed by atoms with Gasteiger partial charge in [-0.05, 0) is 25.4 Å². The molecule has 474 valence electrons. The number of hydrogen-bond donors (Lipinski definition) is 0. The Morgan fingerprint density at radius 2 is 0.758 bits per heavy atom. The van der Waals surface area contributed by atoms with E-state index < -0.39 is 34.5 Å². The predicted molar refractivity (Wildman–Crippen MR) is 299 cm³/mol. The molecule has 91 heavy (non-hydrogen) atoms. The average molecular weight is 5860 g/mol. The van der Waals surface area contributed by atoms with Crippen molar-refractivity contribution in [1.82, 2.24) is 0 Å². The third-order valence-corrected chi connectivity index (χ3v) is 19.3. The molecular weight excluding hydrogens is 5740 g/mol. The van der Waals surface area contributed by atoms with Crippen molar-refractivity contribution < 1.29 is 35.1 Å². The van der Waals surface area contributed by atoms with Gasteiger partial charge in [0.1, 0.15) is 0 Å². The summed E-state index contributed by atoms with van der Waals surface area (Å²) < 4.78 is 103. The summed E-state index contributed by atoms with van der Waals surface area (Å²) in [6.45, 7) is 41.6. The van der Waals surface area contributed by atoms with Gasteiger partial charge in [-0.2, -0.15) is 100 Å². The molecule has 12 saturated carbocycles. The molecule has 15 unspecified atom stereocenters. The molecule has 12 rings (SSSR count). The quantitative estimate of drug-likeness (QED) is 0.168. The molecule has 12 fully saturated rings. The molecule has 0 aromatic rings.